The molecule has 0 saturated heterocycles. The summed E-state index contributed by atoms with van der Waals surface area (Å²) in [7, 11) is 0. The highest BCUT2D eigenvalue weighted by Crippen LogP contribution is 2.19. The minimum absolute atomic E-state index is 0.0990. The van der Waals surface area contributed by atoms with E-state index in [1.165, 1.54) is 6.08 Å². The summed E-state index contributed by atoms with van der Waals surface area (Å²) in [6, 6.07) is 11.8. The third-order valence-corrected chi connectivity index (χ3v) is 4.47. The molecule has 2 aromatic rings. The van der Waals surface area contributed by atoms with Crippen molar-refractivity contribution >= 4 is 34.6 Å². The summed E-state index contributed by atoms with van der Waals surface area (Å²) in [5, 5.41) is 9.07. The molecule has 0 aliphatic rings. The first-order valence-electron chi connectivity index (χ1n) is 9.93. The van der Waals surface area contributed by atoms with E-state index in [1.807, 2.05) is 47.8 Å². The highest BCUT2D eigenvalue weighted by Gasteiger charge is 2.26. The van der Waals surface area contributed by atoms with Crippen LogP contribution in [0.4, 0.5) is 4.79 Å². The lowest BCUT2D eigenvalue weighted by atomic mass is 10.0. The molecule has 2 rings (SSSR count). The zero-order chi connectivity index (χ0) is 22.8. The predicted molar refractivity (Wildman–Crippen MR) is 117 cm³/mol. The smallest absolute Gasteiger partial charge is 0.329 e. The number of hydrogen-bond acceptors (Lipinski definition) is 5. The first-order valence-corrected chi connectivity index (χ1v) is 9.93. The van der Waals surface area contributed by atoms with Crippen molar-refractivity contribution in [2.75, 3.05) is 13.2 Å². The molecule has 8 nitrogen and oxygen atoms in total. The zero-order valence-electron chi connectivity index (χ0n) is 17.6. The molecule has 8 heteroatoms. The summed E-state index contributed by atoms with van der Waals surface area (Å²) in [6.45, 7) is 6.51. The van der Waals surface area contributed by atoms with Crippen LogP contribution in [0.25, 0.3) is 10.8 Å². The molecule has 0 radical (unpaired) electrons. The second-order valence-electron chi connectivity index (χ2n) is 7.26. The lowest BCUT2D eigenvalue weighted by molar-refractivity contribution is -0.152. The van der Waals surface area contributed by atoms with E-state index in [0.717, 1.165) is 16.3 Å². The van der Waals surface area contributed by atoms with E-state index < -0.39 is 30.6 Å². The third-order valence-electron chi connectivity index (χ3n) is 4.47. The molecule has 3 N–H and O–H groups in total. The van der Waals surface area contributed by atoms with Crippen LogP contribution in [0.2, 0.25) is 0 Å². The molecular formula is C23H27N3O5. The van der Waals surface area contributed by atoms with Crippen molar-refractivity contribution in [3.8, 4) is 0 Å². The summed E-state index contributed by atoms with van der Waals surface area (Å²) in [6.07, 6.45) is 1.56. The van der Waals surface area contributed by atoms with Crippen molar-refractivity contribution in [2.24, 2.45) is 5.92 Å². The normalized spacial score (nSPS) is 11.5. The van der Waals surface area contributed by atoms with Crippen LogP contribution in [-0.4, -0.2) is 43.0 Å². The highest BCUT2D eigenvalue weighted by atomic mass is 16.5. The average molecular weight is 425 g/mol. The van der Waals surface area contributed by atoms with Gasteiger partial charge in [0.1, 0.15) is 6.04 Å². The summed E-state index contributed by atoms with van der Waals surface area (Å²) in [5.74, 6) is -2.12. The second kappa shape index (κ2) is 11.5. The number of esters is 1. The molecule has 1 atom stereocenters. The molecule has 164 valence electrons. The molecule has 31 heavy (non-hydrogen) atoms. The summed E-state index contributed by atoms with van der Waals surface area (Å²) < 4.78 is 4.99. The number of imide groups is 1. The minimum atomic E-state index is -0.926. The van der Waals surface area contributed by atoms with Gasteiger partial charge in [-0.25, -0.2) is 9.59 Å². The molecule has 0 aromatic heterocycles. The van der Waals surface area contributed by atoms with Crippen LogP contribution in [0, 0.1) is 5.92 Å². The Morgan fingerprint density at radius 2 is 1.74 bits per heavy atom. The largest absolute Gasteiger partial charge is 0.454 e. The molecular weight excluding hydrogens is 398 g/mol. The Hall–Kier alpha value is -3.68. The Morgan fingerprint density at radius 3 is 2.45 bits per heavy atom. The van der Waals surface area contributed by atoms with Gasteiger partial charge in [0.25, 0.3) is 5.91 Å². The van der Waals surface area contributed by atoms with E-state index in [-0.39, 0.29) is 24.8 Å². The number of benzene rings is 2. The summed E-state index contributed by atoms with van der Waals surface area (Å²) in [4.78, 5) is 48.2. The maximum Gasteiger partial charge on any atom is 0.329 e. The Bertz CT molecular complexity index is 965. The average Bonchev–Trinajstić information content (AvgIpc) is 2.74. The second-order valence-corrected chi connectivity index (χ2v) is 7.26. The number of nitrogens with one attached hydrogen (secondary N) is 3. The number of urea groups is 1. The lowest BCUT2D eigenvalue weighted by Crippen LogP contribution is -2.47. The van der Waals surface area contributed by atoms with Crippen molar-refractivity contribution in [1.82, 2.24) is 16.0 Å². The van der Waals surface area contributed by atoms with Gasteiger partial charge in [-0.2, -0.15) is 0 Å². The Morgan fingerprint density at radius 1 is 1.03 bits per heavy atom. The summed E-state index contributed by atoms with van der Waals surface area (Å²) >= 11 is 0. The number of hydrogen-bond donors (Lipinski definition) is 3. The first kappa shape index (κ1) is 23.6. The van der Waals surface area contributed by atoms with E-state index in [1.54, 1.807) is 13.8 Å². The van der Waals surface area contributed by atoms with Gasteiger partial charge in [0, 0.05) is 6.54 Å². The number of carbonyl (C=O) groups is 4. The highest BCUT2D eigenvalue weighted by molar-refractivity contribution is 5.96. The zero-order valence-corrected chi connectivity index (χ0v) is 17.6. The van der Waals surface area contributed by atoms with Gasteiger partial charge in [0.2, 0.25) is 5.91 Å². The number of carbonyl (C=O) groups excluding carboxylic acids is 4. The Labute approximate surface area is 181 Å². The van der Waals surface area contributed by atoms with Gasteiger partial charge in [0.05, 0.1) is 6.42 Å². The monoisotopic (exact) mass is 425 g/mol. The molecule has 0 fully saturated rings. The summed E-state index contributed by atoms with van der Waals surface area (Å²) in [5.41, 5.74) is 0.844. The molecule has 0 spiro atoms. The number of rotatable bonds is 9. The van der Waals surface area contributed by atoms with E-state index in [2.05, 4.69) is 17.2 Å². The molecule has 0 aliphatic heterocycles. The van der Waals surface area contributed by atoms with Crippen LogP contribution in [0.5, 0.6) is 0 Å². The standard InChI is InChI=1S/C23H27N3O5/c1-4-12-24-23(30)26-20(28)14-31-22(29)21(15(2)3)25-19(27)13-17-10-7-9-16-8-5-6-11-18(16)17/h4-11,15,21H,1,12-14H2,2-3H3,(H,25,27)(H2,24,26,28,30)/t21-/m0/s1. The maximum absolute atomic E-state index is 12.6. The maximum atomic E-state index is 12.6. The number of ether oxygens (including phenoxy) is 1. The van der Waals surface area contributed by atoms with Gasteiger partial charge in [-0.15, -0.1) is 6.58 Å². The third kappa shape index (κ3) is 7.26. The van der Waals surface area contributed by atoms with Crippen LogP contribution in [0.15, 0.2) is 55.1 Å². The fraction of sp³-hybridized carbons (Fsp3) is 0.304. The van der Waals surface area contributed by atoms with Crippen molar-refractivity contribution in [2.45, 2.75) is 26.3 Å². The van der Waals surface area contributed by atoms with Crippen molar-refractivity contribution in [3.05, 3.63) is 60.7 Å². The van der Waals surface area contributed by atoms with E-state index in [9.17, 15) is 19.2 Å². The topological polar surface area (TPSA) is 114 Å². The minimum Gasteiger partial charge on any atom is -0.454 e. The fourth-order valence-electron chi connectivity index (χ4n) is 2.94. The van der Waals surface area contributed by atoms with Gasteiger partial charge >= 0.3 is 12.0 Å². The van der Waals surface area contributed by atoms with E-state index >= 15 is 0 Å². The Kier molecular flexibility index (Phi) is 8.75. The molecule has 0 saturated carbocycles. The van der Waals surface area contributed by atoms with Crippen LogP contribution in [0.3, 0.4) is 0 Å². The lowest BCUT2D eigenvalue weighted by Gasteiger charge is -2.21. The van der Waals surface area contributed by atoms with Crippen molar-refractivity contribution in [1.29, 1.82) is 0 Å². The molecule has 0 bridgehead atoms. The van der Waals surface area contributed by atoms with Crippen LogP contribution >= 0.6 is 0 Å². The molecule has 0 heterocycles. The molecule has 4 amide bonds. The Balaban J connectivity index is 1.93. The fourth-order valence-corrected chi connectivity index (χ4v) is 2.94. The van der Waals surface area contributed by atoms with Gasteiger partial charge in [-0.3, -0.25) is 14.9 Å². The van der Waals surface area contributed by atoms with Gasteiger partial charge in [-0.1, -0.05) is 62.4 Å². The van der Waals surface area contributed by atoms with E-state index in [4.69, 9.17) is 4.74 Å². The molecule has 2 aromatic carbocycles. The van der Waals surface area contributed by atoms with Gasteiger partial charge < -0.3 is 15.4 Å². The van der Waals surface area contributed by atoms with Crippen molar-refractivity contribution < 1.29 is 23.9 Å². The molecule has 0 aliphatic carbocycles. The van der Waals surface area contributed by atoms with Crippen molar-refractivity contribution in [3.63, 3.8) is 0 Å². The van der Waals surface area contributed by atoms with E-state index in [0.29, 0.717) is 0 Å². The molecule has 0 unspecified atom stereocenters. The van der Waals surface area contributed by atoms with Crippen LogP contribution < -0.4 is 16.0 Å². The predicted octanol–water partition coefficient (Wildman–Crippen LogP) is 2.08. The number of fused-ring (bicyclic) bond motifs is 1. The quantitative estimate of drug-likeness (QED) is 0.420. The van der Waals surface area contributed by atoms with Crippen LogP contribution in [-0.2, 0) is 25.5 Å². The SMILES string of the molecule is C=CCNC(=O)NC(=O)COC(=O)[C@@H](NC(=O)Cc1cccc2ccccc12)C(C)C. The van der Waals surface area contributed by atoms with Gasteiger partial charge in [0.15, 0.2) is 6.61 Å². The first-order chi connectivity index (χ1) is 14.8. The van der Waals surface area contributed by atoms with Gasteiger partial charge in [-0.05, 0) is 22.3 Å². The van der Waals surface area contributed by atoms with Crippen LogP contribution in [0.1, 0.15) is 19.4 Å². The number of amides is 4.